The lowest BCUT2D eigenvalue weighted by molar-refractivity contribution is 0.562. The predicted octanol–water partition coefficient (Wildman–Crippen LogP) is 1.95. The molecule has 1 atom stereocenters. The van der Waals surface area contributed by atoms with Gasteiger partial charge in [0.2, 0.25) is 0 Å². The summed E-state index contributed by atoms with van der Waals surface area (Å²) >= 11 is 0. The van der Waals surface area contributed by atoms with Gasteiger partial charge in [-0.3, -0.25) is 0 Å². The molecule has 118 valence electrons. The van der Waals surface area contributed by atoms with Crippen molar-refractivity contribution in [1.82, 2.24) is 5.32 Å². The van der Waals surface area contributed by atoms with E-state index in [0.29, 0.717) is 19.1 Å². The number of nitrogens with zero attached hydrogens (tertiary/aromatic N) is 1. The average Bonchev–Trinajstić information content (AvgIpc) is 2.36. The normalized spacial score (nSPS) is 21.8. The molecule has 0 amide bonds. The maximum Gasteiger partial charge on any atom is 0.154 e. The van der Waals surface area contributed by atoms with Crippen LogP contribution in [0.15, 0.2) is 18.2 Å². The summed E-state index contributed by atoms with van der Waals surface area (Å²) in [5.41, 5.74) is 1.79. The van der Waals surface area contributed by atoms with Crippen LogP contribution in [0, 0.1) is 5.82 Å². The van der Waals surface area contributed by atoms with Crippen molar-refractivity contribution in [3.05, 3.63) is 29.6 Å². The Morgan fingerprint density at radius 2 is 2.14 bits per heavy atom. The minimum atomic E-state index is -2.95. The van der Waals surface area contributed by atoms with Crippen molar-refractivity contribution in [2.75, 3.05) is 23.0 Å². The molecule has 1 aliphatic rings. The summed E-state index contributed by atoms with van der Waals surface area (Å²) in [5, 5.41) is 3.29. The molecule has 21 heavy (non-hydrogen) atoms. The van der Waals surface area contributed by atoms with E-state index in [1.54, 1.807) is 6.07 Å². The molecule has 1 aromatic carbocycles. The van der Waals surface area contributed by atoms with Gasteiger partial charge in [0, 0.05) is 30.9 Å². The van der Waals surface area contributed by atoms with Crippen LogP contribution in [0.2, 0.25) is 0 Å². The lowest BCUT2D eigenvalue weighted by Crippen LogP contribution is -2.47. The Morgan fingerprint density at radius 3 is 2.76 bits per heavy atom. The Morgan fingerprint density at radius 1 is 1.43 bits per heavy atom. The topological polar surface area (TPSA) is 49.4 Å². The van der Waals surface area contributed by atoms with Gasteiger partial charge < -0.3 is 10.2 Å². The lowest BCUT2D eigenvalue weighted by Gasteiger charge is -2.36. The summed E-state index contributed by atoms with van der Waals surface area (Å²) in [4.78, 5) is 2.07. The molecule has 1 saturated heterocycles. The van der Waals surface area contributed by atoms with Gasteiger partial charge in [-0.2, -0.15) is 0 Å². The molecule has 2 rings (SSSR count). The third-order valence-electron chi connectivity index (χ3n) is 3.72. The fourth-order valence-electron chi connectivity index (χ4n) is 2.65. The molecule has 1 heterocycles. The van der Waals surface area contributed by atoms with E-state index in [2.05, 4.69) is 10.2 Å². The zero-order valence-corrected chi connectivity index (χ0v) is 13.6. The first-order valence-corrected chi connectivity index (χ1v) is 9.09. The highest BCUT2D eigenvalue weighted by molar-refractivity contribution is 7.91. The van der Waals surface area contributed by atoms with Crippen LogP contribution in [-0.4, -0.2) is 38.6 Å². The highest BCUT2D eigenvalue weighted by Gasteiger charge is 2.29. The lowest BCUT2D eigenvalue weighted by atomic mass is 10.1. The summed E-state index contributed by atoms with van der Waals surface area (Å²) in [5.74, 6) is 0.0456. The highest BCUT2D eigenvalue weighted by atomic mass is 32.2. The monoisotopic (exact) mass is 314 g/mol. The van der Waals surface area contributed by atoms with Crippen LogP contribution in [-0.2, 0) is 16.4 Å². The molecule has 1 aromatic rings. The van der Waals surface area contributed by atoms with E-state index >= 15 is 0 Å². The molecule has 0 saturated carbocycles. The summed E-state index contributed by atoms with van der Waals surface area (Å²) in [6.07, 6.45) is 0. The van der Waals surface area contributed by atoms with Gasteiger partial charge in [-0.05, 0) is 30.7 Å². The zero-order valence-electron chi connectivity index (χ0n) is 12.8. The first-order chi connectivity index (χ1) is 9.78. The molecule has 4 nitrogen and oxygen atoms in total. The van der Waals surface area contributed by atoms with E-state index in [9.17, 15) is 12.8 Å². The summed E-state index contributed by atoms with van der Waals surface area (Å²) < 4.78 is 36.9. The van der Waals surface area contributed by atoms with Crippen molar-refractivity contribution in [2.45, 2.75) is 39.4 Å². The van der Waals surface area contributed by atoms with Crippen LogP contribution in [0.1, 0.15) is 26.3 Å². The fraction of sp³-hybridized carbons (Fsp3) is 0.600. The molecular weight excluding hydrogens is 291 g/mol. The molecule has 0 radical (unpaired) electrons. The Hall–Kier alpha value is -1.14. The van der Waals surface area contributed by atoms with Crippen LogP contribution in [0.4, 0.5) is 10.1 Å². The Labute approximate surface area is 126 Å². The summed E-state index contributed by atoms with van der Waals surface area (Å²) in [7, 11) is -2.95. The Kier molecular flexibility index (Phi) is 4.88. The van der Waals surface area contributed by atoms with Gasteiger partial charge in [-0.25, -0.2) is 12.8 Å². The van der Waals surface area contributed by atoms with Gasteiger partial charge in [0.15, 0.2) is 9.84 Å². The van der Waals surface area contributed by atoms with Crippen LogP contribution >= 0.6 is 0 Å². The molecule has 0 aliphatic carbocycles. The standard InChI is InChI=1S/C15H23FN2O2S/c1-11(2)17-9-13-8-14(16)4-5-15(13)18-6-7-21(19,20)10-12(18)3/h4-5,8,11-12,17H,6-7,9-10H2,1-3H3. The van der Waals surface area contributed by atoms with Gasteiger partial charge in [0.05, 0.1) is 11.5 Å². The number of sulfone groups is 1. The third-order valence-corrected chi connectivity index (χ3v) is 5.52. The SMILES string of the molecule is CC(C)NCc1cc(F)ccc1N1CCS(=O)(=O)CC1C. The number of benzene rings is 1. The molecule has 0 spiro atoms. The van der Waals surface area contributed by atoms with Crippen molar-refractivity contribution in [3.8, 4) is 0 Å². The van der Waals surface area contributed by atoms with Crippen molar-refractivity contribution in [1.29, 1.82) is 0 Å². The fourth-order valence-corrected chi connectivity index (χ4v) is 4.20. The number of nitrogens with one attached hydrogen (secondary N) is 1. The van der Waals surface area contributed by atoms with E-state index < -0.39 is 9.84 Å². The maximum atomic E-state index is 13.5. The Bertz CT molecular complexity index is 602. The number of rotatable bonds is 4. The molecule has 0 bridgehead atoms. The average molecular weight is 314 g/mol. The minimum Gasteiger partial charge on any atom is -0.367 e. The number of halogens is 1. The van der Waals surface area contributed by atoms with E-state index in [-0.39, 0.29) is 23.4 Å². The quantitative estimate of drug-likeness (QED) is 0.923. The molecular formula is C15H23FN2O2S. The first-order valence-electron chi connectivity index (χ1n) is 7.27. The van der Waals surface area contributed by atoms with Crippen molar-refractivity contribution < 1.29 is 12.8 Å². The van der Waals surface area contributed by atoms with Gasteiger partial charge in [0.1, 0.15) is 5.82 Å². The van der Waals surface area contributed by atoms with Crippen molar-refractivity contribution in [3.63, 3.8) is 0 Å². The van der Waals surface area contributed by atoms with Crippen molar-refractivity contribution >= 4 is 15.5 Å². The number of hydrogen-bond donors (Lipinski definition) is 1. The first kappa shape index (κ1) is 16.2. The maximum absolute atomic E-state index is 13.5. The van der Waals surface area contributed by atoms with E-state index in [1.807, 2.05) is 20.8 Å². The molecule has 1 aliphatic heterocycles. The van der Waals surface area contributed by atoms with Gasteiger partial charge in [-0.15, -0.1) is 0 Å². The zero-order chi connectivity index (χ0) is 15.6. The molecule has 1 N–H and O–H groups in total. The van der Waals surface area contributed by atoms with Gasteiger partial charge in [-0.1, -0.05) is 13.8 Å². The molecule has 6 heteroatoms. The third kappa shape index (κ3) is 4.17. The van der Waals surface area contributed by atoms with Crippen LogP contribution in [0.3, 0.4) is 0 Å². The van der Waals surface area contributed by atoms with E-state index in [1.165, 1.54) is 12.1 Å². The predicted molar refractivity (Wildman–Crippen MR) is 83.8 cm³/mol. The second-order valence-electron chi connectivity index (χ2n) is 5.97. The van der Waals surface area contributed by atoms with E-state index in [0.717, 1.165) is 11.3 Å². The van der Waals surface area contributed by atoms with Gasteiger partial charge in [0.25, 0.3) is 0 Å². The summed E-state index contributed by atoms with van der Waals surface area (Å²) in [6, 6.07) is 4.93. The van der Waals surface area contributed by atoms with Gasteiger partial charge >= 0.3 is 0 Å². The van der Waals surface area contributed by atoms with Crippen LogP contribution in [0.25, 0.3) is 0 Å². The molecule has 0 aromatic heterocycles. The second kappa shape index (κ2) is 6.32. The van der Waals surface area contributed by atoms with Crippen LogP contribution < -0.4 is 10.2 Å². The smallest absolute Gasteiger partial charge is 0.154 e. The number of hydrogen-bond acceptors (Lipinski definition) is 4. The minimum absolute atomic E-state index is 0.0907. The van der Waals surface area contributed by atoms with Crippen molar-refractivity contribution in [2.24, 2.45) is 0 Å². The summed E-state index contributed by atoms with van der Waals surface area (Å²) in [6.45, 7) is 7.01. The Balaban J connectivity index is 2.26. The molecule has 1 fully saturated rings. The number of anilines is 1. The highest BCUT2D eigenvalue weighted by Crippen LogP contribution is 2.26. The van der Waals surface area contributed by atoms with E-state index in [4.69, 9.17) is 0 Å². The second-order valence-corrected chi connectivity index (χ2v) is 8.19. The molecule has 1 unspecified atom stereocenters. The van der Waals surface area contributed by atoms with Crippen LogP contribution in [0.5, 0.6) is 0 Å². The largest absolute Gasteiger partial charge is 0.367 e.